The number of nitrogens with zero attached hydrogens (tertiary/aromatic N) is 2. The van der Waals surface area contributed by atoms with E-state index in [-0.39, 0.29) is 0 Å². The molecule has 0 aliphatic carbocycles. The van der Waals surface area contributed by atoms with Gasteiger partial charge in [0.1, 0.15) is 0 Å². The molecule has 1 fully saturated rings. The lowest BCUT2D eigenvalue weighted by Crippen LogP contribution is -2.45. The maximum absolute atomic E-state index is 5.56. The van der Waals surface area contributed by atoms with E-state index in [9.17, 15) is 0 Å². The van der Waals surface area contributed by atoms with Crippen molar-refractivity contribution < 1.29 is 4.74 Å². The van der Waals surface area contributed by atoms with Crippen LogP contribution < -0.4 is 5.73 Å². The van der Waals surface area contributed by atoms with Crippen LogP contribution in [0.15, 0.2) is 0 Å². The smallest absolute Gasteiger partial charge is 0.0589 e. The topological polar surface area (TPSA) is 41.7 Å². The average Bonchev–Trinajstić information content (AvgIpc) is 2.35. The van der Waals surface area contributed by atoms with E-state index in [1.807, 2.05) is 0 Å². The first-order chi connectivity index (χ1) is 8.27. The molecule has 1 aliphatic heterocycles. The Balaban J connectivity index is 2.32. The molecule has 1 aliphatic rings. The molecule has 1 heterocycles. The molecule has 1 rings (SSSR count). The second-order valence-electron chi connectivity index (χ2n) is 5.06. The Labute approximate surface area is 106 Å². The van der Waals surface area contributed by atoms with Gasteiger partial charge in [0, 0.05) is 19.7 Å². The highest BCUT2D eigenvalue weighted by atomic mass is 16.5. The molecule has 0 aromatic heterocycles. The highest BCUT2D eigenvalue weighted by Crippen LogP contribution is 2.16. The van der Waals surface area contributed by atoms with Crippen LogP contribution in [0.2, 0.25) is 0 Å². The predicted octanol–water partition coefficient (Wildman–Crippen LogP) is 0.768. The van der Waals surface area contributed by atoms with Gasteiger partial charge in [0.2, 0.25) is 0 Å². The monoisotopic (exact) mass is 243 g/mol. The Hall–Kier alpha value is -0.160. The van der Waals surface area contributed by atoms with E-state index in [0.29, 0.717) is 0 Å². The van der Waals surface area contributed by atoms with Gasteiger partial charge in [0.05, 0.1) is 6.61 Å². The predicted molar refractivity (Wildman–Crippen MR) is 72.3 cm³/mol. The second kappa shape index (κ2) is 8.86. The van der Waals surface area contributed by atoms with Crippen LogP contribution in [0.4, 0.5) is 0 Å². The van der Waals surface area contributed by atoms with Gasteiger partial charge in [0.15, 0.2) is 0 Å². The number of nitrogens with two attached hydrogens (primary N) is 1. The molecular weight excluding hydrogens is 214 g/mol. The van der Waals surface area contributed by atoms with Gasteiger partial charge in [0.25, 0.3) is 0 Å². The largest absolute Gasteiger partial charge is 0.383 e. The molecule has 0 radical (unpaired) electrons. The number of piperidine rings is 1. The summed E-state index contributed by atoms with van der Waals surface area (Å²) in [6.07, 6.45) is 4.94. The van der Waals surface area contributed by atoms with Crippen LogP contribution in [-0.2, 0) is 4.74 Å². The maximum Gasteiger partial charge on any atom is 0.0589 e. The fraction of sp³-hybridized carbons (Fsp3) is 1.00. The Morgan fingerprint density at radius 3 is 2.53 bits per heavy atom. The molecule has 4 heteroatoms. The van der Waals surface area contributed by atoms with Gasteiger partial charge in [-0.05, 0) is 58.9 Å². The van der Waals surface area contributed by atoms with Gasteiger partial charge in [-0.3, -0.25) is 4.90 Å². The van der Waals surface area contributed by atoms with E-state index < -0.39 is 0 Å². The third-order valence-electron chi connectivity index (χ3n) is 3.69. The van der Waals surface area contributed by atoms with Crippen LogP contribution in [0.1, 0.15) is 25.7 Å². The van der Waals surface area contributed by atoms with Gasteiger partial charge < -0.3 is 15.4 Å². The standard InChI is InChI=1S/C13H29N3O/c1-15-9-5-13(6-10-15)16(11-12-17-2)8-4-3-7-14/h13H,3-12,14H2,1-2H3. The lowest BCUT2D eigenvalue weighted by atomic mass is 10.0. The zero-order chi connectivity index (χ0) is 12.5. The van der Waals surface area contributed by atoms with Crippen LogP contribution in [0, 0.1) is 0 Å². The van der Waals surface area contributed by atoms with Crippen molar-refractivity contribution >= 4 is 0 Å². The summed E-state index contributed by atoms with van der Waals surface area (Å²) in [5.41, 5.74) is 5.56. The van der Waals surface area contributed by atoms with Crippen molar-refractivity contribution in [2.24, 2.45) is 5.73 Å². The zero-order valence-electron chi connectivity index (χ0n) is 11.5. The maximum atomic E-state index is 5.56. The van der Waals surface area contributed by atoms with Crippen molar-refractivity contribution in [2.75, 3.05) is 53.5 Å². The van der Waals surface area contributed by atoms with Crippen LogP contribution in [0.5, 0.6) is 0 Å². The number of likely N-dealkylation sites (tertiary alicyclic amines) is 1. The van der Waals surface area contributed by atoms with Crippen LogP contribution in [-0.4, -0.2) is 69.3 Å². The van der Waals surface area contributed by atoms with Crippen molar-refractivity contribution in [3.63, 3.8) is 0 Å². The summed E-state index contributed by atoms with van der Waals surface area (Å²) >= 11 is 0. The van der Waals surface area contributed by atoms with Crippen LogP contribution >= 0.6 is 0 Å². The Kier molecular flexibility index (Phi) is 7.77. The number of hydrogen-bond donors (Lipinski definition) is 1. The molecular formula is C13H29N3O. The summed E-state index contributed by atoms with van der Waals surface area (Å²) in [5, 5.41) is 0. The summed E-state index contributed by atoms with van der Waals surface area (Å²) < 4.78 is 5.21. The molecule has 2 N–H and O–H groups in total. The number of rotatable bonds is 8. The van der Waals surface area contributed by atoms with Gasteiger partial charge in [-0.2, -0.15) is 0 Å². The highest BCUT2D eigenvalue weighted by molar-refractivity contribution is 4.78. The first-order valence-corrected chi connectivity index (χ1v) is 6.89. The number of unbranched alkanes of at least 4 members (excludes halogenated alkanes) is 1. The Morgan fingerprint density at radius 1 is 1.24 bits per heavy atom. The molecule has 17 heavy (non-hydrogen) atoms. The highest BCUT2D eigenvalue weighted by Gasteiger charge is 2.22. The molecule has 0 spiro atoms. The minimum absolute atomic E-state index is 0.749. The molecule has 0 atom stereocenters. The summed E-state index contributed by atoms with van der Waals surface area (Å²) in [7, 11) is 4.00. The Morgan fingerprint density at radius 2 is 1.94 bits per heavy atom. The minimum Gasteiger partial charge on any atom is -0.383 e. The third kappa shape index (κ3) is 5.82. The van der Waals surface area contributed by atoms with E-state index in [2.05, 4.69) is 16.8 Å². The normalized spacial score (nSPS) is 19.1. The molecule has 0 aromatic carbocycles. The molecule has 0 aromatic rings. The van der Waals surface area contributed by atoms with Crippen molar-refractivity contribution in [3.05, 3.63) is 0 Å². The Bertz CT molecular complexity index is 182. The molecule has 0 bridgehead atoms. The van der Waals surface area contributed by atoms with Crippen molar-refractivity contribution in [1.29, 1.82) is 0 Å². The quantitative estimate of drug-likeness (QED) is 0.639. The molecule has 0 amide bonds. The van der Waals surface area contributed by atoms with E-state index in [0.717, 1.165) is 32.2 Å². The molecule has 1 saturated heterocycles. The van der Waals surface area contributed by atoms with Gasteiger partial charge in [-0.25, -0.2) is 0 Å². The molecule has 102 valence electrons. The van der Waals surface area contributed by atoms with Gasteiger partial charge in [-0.15, -0.1) is 0 Å². The SMILES string of the molecule is COCCN(CCCCN)C1CCN(C)CC1. The number of hydrogen-bond acceptors (Lipinski definition) is 4. The van der Waals surface area contributed by atoms with E-state index in [4.69, 9.17) is 10.5 Å². The number of methoxy groups -OCH3 is 1. The molecule has 0 saturated carbocycles. The summed E-state index contributed by atoms with van der Waals surface area (Å²) in [6.45, 7) is 6.35. The summed E-state index contributed by atoms with van der Waals surface area (Å²) in [4.78, 5) is 5.02. The lowest BCUT2D eigenvalue weighted by Gasteiger charge is -2.37. The van der Waals surface area contributed by atoms with Crippen molar-refractivity contribution in [3.8, 4) is 0 Å². The van der Waals surface area contributed by atoms with Gasteiger partial charge >= 0.3 is 0 Å². The summed E-state index contributed by atoms with van der Waals surface area (Å²) in [5.74, 6) is 0. The summed E-state index contributed by atoms with van der Waals surface area (Å²) in [6, 6.07) is 0.749. The van der Waals surface area contributed by atoms with Crippen molar-refractivity contribution in [1.82, 2.24) is 9.80 Å². The molecule has 4 nitrogen and oxygen atoms in total. The van der Waals surface area contributed by atoms with Crippen LogP contribution in [0.3, 0.4) is 0 Å². The third-order valence-corrected chi connectivity index (χ3v) is 3.69. The second-order valence-corrected chi connectivity index (χ2v) is 5.06. The minimum atomic E-state index is 0.749. The first-order valence-electron chi connectivity index (χ1n) is 6.89. The van der Waals surface area contributed by atoms with E-state index in [1.165, 1.54) is 38.9 Å². The fourth-order valence-electron chi connectivity index (χ4n) is 2.50. The lowest BCUT2D eigenvalue weighted by molar-refractivity contribution is 0.0844. The first kappa shape index (κ1) is 14.9. The van der Waals surface area contributed by atoms with E-state index in [1.54, 1.807) is 7.11 Å². The zero-order valence-corrected chi connectivity index (χ0v) is 11.5. The molecule has 0 unspecified atom stereocenters. The van der Waals surface area contributed by atoms with Crippen molar-refractivity contribution in [2.45, 2.75) is 31.7 Å². The number of ether oxygens (including phenoxy) is 1. The average molecular weight is 243 g/mol. The fourth-order valence-corrected chi connectivity index (χ4v) is 2.50. The van der Waals surface area contributed by atoms with Gasteiger partial charge in [-0.1, -0.05) is 0 Å². The van der Waals surface area contributed by atoms with E-state index >= 15 is 0 Å². The van der Waals surface area contributed by atoms with Crippen LogP contribution in [0.25, 0.3) is 0 Å².